The molecular formula is C15H19F3N2O2. The SMILES string of the molecule is CCC1(CNC(=O)c2cccnc2O[C@@H](C)C(F)(F)F)CC1. The molecule has 0 aliphatic heterocycles. The van der Waals surface area contributed by atoms with Crippen LogP contribution in [0.15, 0.2) is 18.3 Å². The molecule has 0 bridgehead atoms. The lowest BCUT2D eigenvalue weighted by Crippen LogP contribution is -2.34. The fourth-order valence-electron chi connectivity index (χ4n) is 2.09. The highest BCUT2D eigenvalue weighted by atomic mass is 19.4. The zero-order valence-corrected chi connectivity index (χ0v) is 12.5. The van der Waals surface area contributed by atoms with Crippen LogP contribution in [0.5, 0.6) is 5.88 Å². The van der Waals surface area contributed by atoms with Crippen LogP contribution in [0.3, 0.4) is 0 Å². The first kappa shape index (κ1) is 16.6. The topological polar surface area (TPSA) is 51.2 Å². The summed E-state index contributed by atoms with van der Waals surface area (Å²) in [6, 6.07) is 2.90. The minimum Gasteiger partial charge on any atom is -0.464 e. The van der Waals surface area contributed by atoms with Gasteiger partial charge in [0.15, 0.2) is 6.10 Å². The second-order valence-electron chi connectivity index (χ2n) is 5.69. The Morgan fingerprint density at radius 1 is 1.50 bits per heavy atom. The minimum absolute atomic E-state index is 0.0190. The van der Waals surface area contributed by atoms with Gasteiger partial charge in [0.2, 0.25) is 5.88 Å². The highest BCUT2D eigenvalue weighted by Gasteiger charge is 2.41. The second-order valence-corrected chi connectivity index (χ2v) is 5.69. The van der Waals surface area contributed by atoms with Crippen molar-refractivity contribution in [2.75, 3.05) is 6.54 Å². The van der Waals surface area contributed by atoms with E-state index >= 15 is 0 Å². The zero-order valence-electron chi connectivity index (χ0n) is 12.5. The van der Waals surface area contributed by atoms with Crippen LogP contribution in [-0.4, -0.2) is 29.7 Å². The quantitative estimate of drug-likeness (QED) is 0.876. The van der Waals surface area contributed by atoms with Crippen LogP contribution >= 0.6 is 0 Å². The third kappa shape index (κ3) is 3.90. The molecular weight excluding hydrogens is 297 g/mol. The van der Waals surface area contributed by atoms with Gasteiger partial charge >= 0.3 is 6.18 Å². The van der Waals surface area contributed by atoms with Crippen LogP contribution in [0.1, 0.15) is 43.5 Å². The molecule has 1 aliphatic carbocycles. The molecule has 1 aliphatic rings. The van der Waals surface area contributed by atoms with Gasteiger partial charge in [0.25, 0.3) is 5.91 Å². The van der Waals surface area contributed by atoms with E-state index in [1.807, 2.05) is 0 Å². The van der Waals surface area contributed by atoms with Crippen LogP contribution in [0.2, 0.25) is 0 Å². The number of nitrogens with one attached hydrogen (secondary N) is 1. The number of amides is 1. The Kier molecular flexibility index (Phi) is 4.63. The van der Waals surface area contributed by atoms with Crippen LogP contribution < -0.4 is 10.1 Å². The minimum atomic E-state index is -4.51. The van der Waals surface area contributed by atoms with Gasteiger partial charge < -0.3 is 10.1 Å². The standard InChI is InChI=1S/C15H19F3N2O2/c1-3-14(6-7-14)9-20-12(21)11-5-4-8-19-13(11)22-10(2)15(16,17)18/h4-5,8,10H,3,6-7,9H2,1-2H3,(H,20,21)/t10-/m0/s1. The first-order valence-electron chi connectivity index (χ1n) is 7.24. The van der Waals surface area contributed by atoms with E-state index in [9.17, 15) is 18.0 Å². The van der Waals surface area contributed by atoms with Crippen LogP contribution in [0.4, 0.5) is 13.2 Å². The highest BCUT2D eigenvalue weighted by Crippen LogP contribution is 2.47. The fourth-order valence-corrected chi connectivity index (χ4v) is 2.09. The first-order chi connectivity index (χ1) is 10.3. The number of aromatic nitrogens is 1. The molecule has 2 rings (SSSR count). The molecule has 1 heterocycles. The van der Waals surface area contributed by atoms with Gasteiger partial charge in [0.1, 0.15) is 5.56 Å². The van der Waals surface area contributed by atoms with Crippen molar-refractivity contribution in [2.24, 2.45) is 5.41 Å². The van der Waals surface area contributed by atoms with Crippen molar-refractivity contribution in [1.82, 2.24) is 10.3 Å². The van der Waals surface area contributed by atoms with Crippen molar-refractivity contribution in [3.8, 4) is 5.88 Å². The summed E-state index contributed by atoms with van der Waals surface area (Å²) in [6.07, 6.45) is -2.15. The Morgan fingerprint density at radius 2 is 2.18 bits per heavy atom. The molecule has 7 heteroatoms. The summed E-state index contributed by atoms with van der Waals surface area (Å²) < 4.78 is 42.5. The van der Waals surface area contributed by atoms with E-state index in [1.165, 1.54) is 18.3 Å². The maximum atomic E-state index is 12.6. The van der Waals surface area contributed by atoms with Crippen molar-refractivity contribution in [1.29, 1.82) is 0 Å². The summed E-state index contributed by atoms with van der Waals surface area (Å²) in [5.41, 5.74) is 0.170. The third-order valence-electron chi connectivity index (χ3n) is 4.10. The molecule has 4 nitrogen and oxygen atoms in total. The zero-order chi connectivity index (χ0) is 16.4. The van der Waals surface area contributed by atoms with E-state index in [0.29, 0.717) is 6.54 Å². The van der Waals surface area contributed by atoms with Gasteiger partial charge in [0.05, 0.1) is 0 Å². The molecule has 22 heavy (non-hydrogen) atoms. The molecule has 0 spiro atoms. The van der Waals surface area contributed by atoms with E-state index in [2.05, 4.69) is 17.2 Å². The normalized spacial score (nSPS) is 17.7. The molecule has 0 saturated heterocycles. The predicted octanol–water partition coefficient (Wildman–Crippen LogP) is 3.33. The van der Waals surface area contributed by atoms with E-state index in [4.69, 9.17) is 4.74 Å². The number of nitrogens with zero attached hydrogens (tertiary/aromatic N) is 1. The monoisotopic (exact) mass is 316 g/mol. The fraction of sp³-hybridized carbons (Fsp3) is 0.600. The first-order valence-corrected chi connectivity index (χ1v) is 7.24. The third-order valence-corrected chi connectivity index (χ3v) is 4.10. The molecule has 1 fully saturated rings. The molecule has 0 radical (unpaired) electrons. The Bertz CT molecular complexity index is 542. The Labute approximate surface area is 127 Å². The van der Waals surface area contributed by atoms with E-state index < -0.39 is 18.2 Å². The van der Waals surface area contributed by atoms with Crippen LogP contribution in [0.25, 0.3) is 0 Å². The molecule has 1 aromatic rings. The van der Waals surface area contributed by atoms with Crippen LogP contribution in [-0.2, 0) is 0 Å². The van der Waals surface area contributed by atoms with Crippen molar-refractivity contribution in [3.05, 3.63) is 23.9 Å². The molecule has 1 amide bonds. The number of hydrogen-bond acceptors (Lipinski definition) is 3. The number of pyridine rings is 1. The highest BCUT2D eigenvalue weighted by molar-refractivity contribution is 5.96. The summed E-state index contributed by atoms with van der Waals surface area (Å²) in [7, 11) is 0. The molecule has 1 atom stereocenters. The molecule has 1 N–H and O–H groups in total. The number of halogens is 3. The van der Waals surface area contributed by atoms with Crippen molar-refractivity contribution >= 4 is 5.91 Å². The smallest absolute Gasteiger partial charge is 0.425 e. The number of rotatable bonds is 6. The van der Waals surface area contributed by atoms with Gasteiger partial charge in [0, 0.05) is 12.7 Å². The largest absolute Gasteiger partial charge is 0.464 e. The lowest BCUT2D eigenvalue weighted by atomic mass is 10.0. The summed E-state index contributed by atoms with van der Waals surface area (Å²) in [5.74, 6) is -0.761. The van der Waals surface area contributed by atoms with Crippen molar-refractivity contribution < 1.29 is 22.7 Å². The van der Waals surface area contributed by atoms with Crippen molar-refractivity contribution in [3.63, 3.8) is 0 Å². The van der Waals surface area contributed by atoms with Gasteiger partial charge in [-0.25, -0.2) is 4.98 Å². The van der Waals surface area contributed by atoms with Crippen LogP contribution in [0, 0.1) is 5.41 Å². The van der Waals surface area contributed by atoms with E-state index in [-0.39, 0.29) is 16.9 Å². The number of ether oxygens (including phenoxy) is 1. The number of hydrogen-bond donors (Lipinski definition) is 1. The Morgan fingerprint density at radius 3 is 2.73 bits per heavy atom. The van der Waals surface area contributed by atoms with Gasteiger partial charge in [-0.05, 0) is 43.7 Å². The number of alkyl halides is 3. The van der Waals surface area contributed by atoms with Gasteiger partial charge in [-0.15, -0.1) is 0 Å². The second kappa shape index (κ2) is 6.14. The van der Waals surface area contributed by atoms with Gasteiger partial charge in [-0.2, -0.15) is 13.2 Å². The number of carbonyl (C=O) groups excluding carboxylic acids is 1. The predicted molar refractivity (Wildman–Crippen MR) is 74.7 cm³/mol. The average Bonchev–Trinajstić information content (AvgIpc) is 3.25. The molecule has 1 aromatic heterocycles. The maximum Gasteiger partial charge on any atom is 0.425 e. The van der Waals surface area contributed by atoms with E-state index in [0.717, 1.165) is 26.2 Å². The Hall–Kier alpha value is -1.79. The number of carbonyl (C=O) groups is 1. The Balaban J connectivity index is 2.05. The van der Waals surface area contributed by atoms with E-state index in [1.54, 1.807) is 0 Å². The summed E-state index contributed by atoms with van der Waals surface area (Å²) in [5, 5.41) is 2.76. The van der Waals surface area contributed by atoms with Crippen molar-refractivity contribution in [2.45, 2.75) is 45.4 Å². The lowest BCUT2D eigenvalue weighted by molar-refractivity contribution is -0.190. The lowest BCUT2D eigenvalue weighted by Gasteiger charge is -2.19. The maximum absolute atomic E-state index is 12.6. The molecule has 1 saturated carbocycles. The summed E-state index contributed by atoms with van der Waals surface area (Å²) in [4.78, 5) is 15.9. The van der Waals surface area contributed by atoms with Gasteiger partial charge in [-0.1, -0.05) is 6.92 Å². The molecule has 0 aromatic carbocycles. The van der Waals surface area contributed by atoms with Gasteiger partial charge in [-0.3, -0.25) is 4.79 Å². The summed E-state index contributed by atoms with van der Waals surface area (Å²) >= 11 is 0. The molecule has 0 unspecified atom stereocenters. The summed E-state index contributed by atoms with van der Waals surface area (Å²) in [6.45, 7) is 3.46. The average molecular weight is 316 g/mol. The molecule has 122 valence electrons.